The van der Waals surface area contributed by atoms with Crippen LogP contribution in [-0.4, -0.2) is 15.5 Å². The number of thioether (sulfide) groups is 1. The van der Waals surface area contributed by atoms with Crippen molar-refractivity contribution in [1.82, 2.24) is 15.2 Å². The van der Waals surface area contributed by atoms with Gasteiger partial charge in [-0.25, -0.2) is 0 Å². The quantitative estimate of drug-likeness (QED) is 0.425. The third-order valence-electron chi connectivity index (χ3n) is 2.91. The number of aromatic nitrogens is 2. The second-order valence-electron chi connectivity index (χ2n) is 4.15. The molecule has 1 unspecified atom stereocenters. The summed E-state index contributed by atoms with van der Waals surface area (Å²) in [5.74, 6) is 6.54. The Bertz CT molecular complexity index is 573. The first-order chi connectivity index (χ1) is 9.67. The first-order valence-corrected chi connectivity index (χ1v) is 8.79. The Morgan fingerprint density at radius 3 is 2.75 bits per heavy atom. The van der Waals surface area contributed by atoms with Crippen LogP contribution in [0.3, 0.4) is 0 Å². The smallest absolute Gasteiger partial charge is 0.0734 e. The van der Waals surface area contributed by atoms with E-state index in [2.05, 4.69) is 55.4 Å². The first-order valence-electron chi connectivity index (χ1n) is 6.22. The highest BCUT2D eigenvalue weighted by atomic mass is 79.9. The van der Waals surface area contributed by atoms with Gasteiger partial charge in [-0.15, -0.1) is 11.8 Å². The van der Waals surface area contributed by atoms with Crippen LogP contribution in [-0.2, 0) is 6.54 Å². The van der Waals surface area contributed by atoms with Crippen molar-refractivity contribution in [2.75, 3.05) is 5.75 Å². The zero-order chi connectivity index (χ0) is 14.5. The Hall–Kier alpha value is -0.340. The summed E-state index contributed by atoms with van der Waals surface area (Å²) in [6.45, 7) is 2.89. The summed E-state index contributed by atoms with van der Waals surface area (Å²) in [7, 11) is 0. The lowest BCUT2D eigenvalue weighted by molar-refractivity contribution is 0.526. The topological polar surface area (TPSA) is 55.9 Å². The molecular weight excluding hydrogens is 404 g/mol. The summed E-state index contributed by atoms with van der Waals surface area (Å²) in [5.41, 5.74) is 3.96. The number of nitrogens with zero attached hydrogens (tertiary/aromatic N) is 2. The molecule has 0 aliphatic carbocycles. The maximum Gasteiger partial charge on any atom is 0.0734 e. The Labute approximate surface area is 139 Å². The predicted molar refractivity (Wildman–Crippen MR) is 90.5 cm³/mol. The van der Waals surface area contributed by atoms with Crippen LogP contribution in [0.4, 0.5) is 0 Å². The molecule has 0 radical (unpaired) electrons. The molecular formula is C13H16Br2N4S. The fraction of sp³-hybridized carbons (Fsp3) is 0.308. The Morgan fingerprint density at radius 2 is 2.10 bits per heavy atom. The maximum atomic E-state index is 5.72. The average molecular weight is 420 g/mol. The summed E-state index contributed by atoms with van der Waals surface area (Å²) in [5, 5.41) is 4.33. The summed E-state index contributed by atoms with van der Waals surface area (Å²) in [6, 6.07) is 8.21. The van der Waals surface area contributed by atoms with Crippen LogP contribution in [0.1, 0.15) is 18.7 Å². The minimum atomic E-state index is 0.0314. The molecule has 1 heterocycles. The van der Waals surface area contributed by atoms with Gasteiger partial charge in [-0.1, -0.05) is 12.1 Å². The zero-order valence-electron chi connectivity index (χ0n) is 11.0. The van der Waals surface area contributed by atoms with Gasteiger partial charge in [0.1, 0.15) is 0 Å². The number of hydrogen-bond donors (Lipinski definition) is 2. The zero-order valence-corrected chi connectivity index (χ0v) is 15.0. The number of aryl methyl sites for hydroxylation is 1. The Morgan fingerprint density at radius 1 is 1.35 bits per heavy atom. The normalized spacial score (nSPS) is 12.6. The number of benzene rings is 1. The highest BCUT2D eigenvalue weighted by Crippen LogP contribution is 2.32. The minimum Gasteiger partial charge on any atom is -0.271 e. The van der Waals surface area contributed by atoms with Crippen molar-refractivity contribution in [2.45, 2.75) is 24.4 Å². The fourth-order valence-corrected chi connectivity index (χ4v) is 4.09. The molecule has 0 bridgehead atoms. The van der Waals surface area contributed by atoms with E-state index in [0.717, 1.165) is 26.9 Å². The third-order valence-corrected chi connectivity index (χ3v) is 5.64. The molecule has 0 fully saturated rings. The van der Waals surface area contributed by atoms with Gasteiger partial charge < -0.3 is 0 Å². The molecule has 1 aromatic carbocycles. The lowest BCUT2D eigenvalue weighted by Crippen LogP contribution is -2.31. The highest BCUT2D eigenvalue weighted by molar-refractivity contribution is 9.10. The van der Waals surface area contributed by atoms with E-state index in [1.807, 2.05) is 29.1 Å². The van der Waals surface area contributed by atoms with Gasteiger partial charge in [-0.2, -0.15) is 5.10 Å². The molecule has 0 amide bonds. The van der Waals surface area contributed by atoms with Gasteiger partial charge in [0.15, 0.2) is 0 Å². The maximum absolute atomic E-state index is 5.72. The van der Waals surface area contributed by atoms with Crippen LogP contribution in [0, 0.1) is 0 Å². The molecule has 7 heteroatoms. The molecule has 0 aliphatic rings. The van der Waals surface area contributed by atoms with Crippen LogP contribution in [0.5, 0.6) is 0 Å². The summed E-state index contributed by atoms with van der Waals surface area (Å²) in [6.07, 6.45) is 1.81. The van der Waals surface area contributed by atoms with Crippen molar-refractivity contribution in [2.24, 2.45) is 5.84 Å². The van der Waals surface area contributed by atoms with Crippen molar-refractivity contribution >= 4 is 43.6 Å². The molecule has 0 spiro atoms. The molecule has 1 atom stereocenters. The number of halogens is 2. The van der Waals surface area contributed by atoms with Crippen molar-refractivity contribution in [3.8, 4) is 0 Å². The third kappa shape index (κ3) is 3.65. The minimum absolute atomic E-state index is 0.0314. The molecule has 0 saturated carbocycles. The summed E-state index contributed by atoms with van der Waals surface area (Å²) >= 11 is 8.86. The van der Waals surface area contributed by atoms with E-state index in [1.54, 1.807) is 11.8 Å². The second-order valence-corrected chi connectivity index (χ2v) is 6.92. The van der Waals surface area contributed by atoms with E-state index >= 15 is 0 Å². The molecule has 1 aromatic heterocycles. The first kappa shape index (κ1) is 16.0. The molecule has 0 saturated heterocycles. The summed E-state index contributed by atoms with van der Waals surface area (Å²) in [4.78, 5) is 1.20. The Balaban J connectivity index is 2.13. The van der Waals surface area contributed by atoms with E-state index in [1.165, 1.54) is 4.90 Å². The monoisotopic (exact) mass is 418 g/mol. The van der Waals surface area contributed by atoms with Gasteiger partial charge in [0.05, 0.1) is 22.4 Å². The number of hydrogen-bond acceptors (Lipinski definition) is 4. The SMILES string of the molecule is CCn1ncc(Br)c1C(CSc1ccccc1Br)NN. The molecule has 3 N–H and O–H groups in total. The molecule has 20 heavy (non-hydrogen) atoms. The van der Waals surface area contributed by atoms with E-state index in [0.29, 0.717) is 0 Å². The number of nitrogens with two attached hydrogens (primary N) is 1. The number of hydrazine groups is 1. The average Bonchev–Trinajstić information content (AvgIpc) is 2.83. The van der Waals surface area contributed by atoms with Gasteiger partial charge in [0, 0.05) is 21.7 Å². The standard InChI is InChI=1S/C13H16Br2N4S/c1-2-19-13(10(15)7-17-19)11(18-16)8-20-12-6-4-3-5-9(12)14/h3-7,11,18H,2,8,16H2,1H3. The van der Waals surface area contributed by atoms with Crippen molar-refractivity contribution in [3.05, 3.63) is 45.1 Å². The lowest BCUT2D eigenvalue weighted by atomic mass is 10.2. The molecule has 2 rings (SSSR count). The van der Waals surface area contributed by atoms with Crippen LogP contribution >= 0.6 is 43.6 Å². The molecule has 108 valence electrons. The lowest BCUT2D eigenvalue weighted by Gasteiger charge is -2.18. The molecule has 2 aromatic rings. The van der Waals surface area contributed by atoms with E-state index in [9.17, 15) is 0 Å². The predicted octanol–water partition coefficient (Wildman–Crippen LogP) is 3.72. The molecule has 0 aliphatic heterocycles. The van der Waals surface area contributed by atoms with Crippen molar-refractivity contribution < 1.29 is 0 Å². The van der Waals surface area contributed by atoms with Crippen LogP contribution in [0.15, 0.2) is 44.3 Å². The van der Waals surface area contributed by atoms with Gasteiger partial charge in [0.25, 0.3) is 0 Å². The fourth-order valence-electron chi connectivity index (χ4n) is 1.91. The van der Waals surface area contributed by atoms with E-state index in [-0.39, 0.29) is 6.04 Å². The summed E-state index contributed by atoms with van der Waals surface area (Å²) < 4.78 is 4.04. The number of rotatable bonds is 6. The van der Waals surface area contributed by atoms with Crippen molar-refractivity contribution in [1.29, 1.82) is 0 Å². The largest absolute Gasteiger partial charge is 0.271 e. The van der Waals surface area contributed by atoms with Crippen LogP contribution < -0.4 is 11.3 Å². The highest BCUT2D eigenvalue weighted by Gasteiger charge is 2.19. The van der Waals surface area contributed by atoms with E-state index < -0.39 is 0 Å². The van der Waals surface area contributed by atoms with Gasteiger partial charge in [-0.3, -0.25) is 16.0 Å². The van der Waals surface area contributed by atoms with Crippen LogP contribution in [0.2, 0.25) is 0 Å². The second kappa shape index (κ2) is 7.61. The molecule has 4 nitrogen and oxygen atoms in total. The Kier molecular flexibility index (Phi) is 6.10. The van der Waals surface area contributed by atoms with E-state index in [4.69, 9.17) is 5.84 Å². The van der Waals surface area contributed by atoms with Gasteiger partial charge in [0.2, 0.25) is 0 Å². The van der Waals surface area contributed by atoms with Crippen LogP contribution in [0.25, 0.3) is 0 Å². The van der Waals surface area contributed by atoms with Gasteiger partial charge >= 0.3 is 0 Å². The van der Waals surface area contributed by atoms with Crippen molar-refractivity contribution in [3.63, 3.8) is 0 Å². The van der Waals surface area contributed by atoms with Gasteiger partial charge in [-0.05, 0) is 50.9 Å². The number of nitrogens with one attached hydrogen (secondary N) is 1.